The Hall–Kier alpha value is -2.73. The van der Waals surface area contributed by atoms with E-state index in [1.807, 2.05) is 55.5 Å². The number of carbonyl (C=O) groups excluding carboxylic acids is 1. The molecule has 0 atom stereocenters. The molecule has 1 heterocycles. The summed E-state index contributed by atoms with van der Waals surface area (Å²) < 4.78 is 0. The molecule has 2 aromatic carbocycles. The van der Waals surface area contributed by atoms with Crippen LogP contribution in [0.5, 0.6) is 0 Å². The standard InChI is InChI=1S/C18H18ClN5O/c1-13-5-2-3-8-16(13)18-21-23-24(22-18)12-17(25)20-10-9-14-6-4-7-15(19)11-14/h2-8,11H,9-10,12H2,1H3,(H,20,25). The minimum Gasteiger partial charge on any atom is -0.354 e. The zero-order valence-corrected chi connectivity index (χ0v) is 14.6. The number of carbonyl (C=O) groups is 1. The van der Waals surface area contributed by atoms with E-state index in [2.05, 4.69) is 20.7 Å². The lowest BCUT2D eigenvalue weighted by molar-refractivity contribution is -0.122. The van der Waals surface area contributed by atoms with Gasteiger partial charge in [0.05, 0.1) is 0 Å². The van der Waals surface area contributed by atoms with E-state index in [1.165, 1.54) is 4.80 Å². The number of benzene rings is 2. The van der Waals surface area contributed by atoms with Crippen molar-refractivity contribution in [1.82, 2.24) is 25.5 Å². The quantitative estimate of drug-likeness (QED) is 0.737. The molecule has 3 rings (SSSR count). The van der Waals surface area contributed by atoms with Gasteiger partial charge in [0.15, 0.2) is 0 Å². The van der Waals surface area contributed by atoms with Crippen molar-refractivity contribution >= 4 is 17.5 Å². The van der Waals surface area contributed by atoms with Crippen molar-refractivity contribution in [3.8, 4) is 11.4 Å². The number of nitrogens with one attached hydrogen (secondary N) is 1. The predicted octanol–water partition coefficient (Wildman–Crippen LogP) is 2.66. The van der Waals surface area contributed by atoms with Crippen LogP contribution >= 0.6 is 11.6 Å². The van der Waals surface area contributed by atoms with Crippen molar-refractivity contribution in [3.05, 3.63) is 64.7 Å². The van der Waals surface area contributed by atoms with Crippen LogP contribution in [0.25, 0.3) is 11.4 Å². The van der Waals surface area contributed by atoms with Crippen molar-refractivity contribution in [2.75, 3.05) is 6.54 Å². The predicted molar refractivity (Wildman–Crippen MR) is 96.2 cm³/mol. The number of nitrogens with zero attached hydrogens (tertiary/aromatic N) is 4. The SMILES string of the molecule is Cc1ccccc1-c1nnn(CC(=O)NCCc2cccc(Cl)c2)n1. The van der Waals surface area contributed by atoms with Crippen molar-refractivity contribution in [2.45, 2.75) is 19.9 Å². The van der Waals surface area contributed by atoms with Gasteiger partial charge in [0.1, 0.15) is 6.54 Å². The summed E-state index contributed by atoms with van der Waals surface area (Å²) in [5.41, 5.74) is 3.05. The Labute approximate surface area is 150 Å². The largest absolute Gasteiger partial charge is 0.354 e. The van der Waals surface area contributed by atoms with Crippen LogP contribution in [0.15, 0.2) is 48.5 Å². The highest BCUT2D eigenvalue weighted by Crippen LogP contribution is 2.17. The molecule has 0 spiro atoms. The summed E-state index contributed by atoms with van der Waals surface area (Å²) in [5, 5.41) is 15.8. The van der Waals surface area contributed by atoms with E-state index >= 15 is 0 Å². The fourth-order valence-corrected chi connectivity index (χ4v) is 2.68. The number of hydrogen-bond acceptors (Lipinski definition) is 4. The molecule has 0 saturated carbocycles. The molecule has 0 unspecified atom stereocenters. The fraction of sp³-hybridized carbons (Fsp3) is 0.222. The summed E-state index contributed by atoms with van der Waals surface area (Å²) in [5.74, 6) is 0.362. The van der Waals surface area contributed by atoms with E-state index in [1.54, 1.807) is 0 Å². The van der Waals surface area contributed by atoms with Crippen molar-refractivity contribution in [3.63, 3.8) is 0 Å². The van der Waals surface area contributed by atoms with Gasteiger partial charge >= 0.3 is 0 Å². The number of aromatic nitrogens is 4. The Morgan fingerprint density at radius 3 is 2.84 bits per heavy atom. The molecular formula is C18H18ClN5O. The Kier molecular flexibility index (Phi) is 5.40. The molecule has 0 radical (unpaired) electrons. The molecule has 7 heteroatoms. The Bertz CT molecular complexity index is 877. The molecule has 0 fully saturated rings. The van der Waals surface area contributed by atoms with Crippen molar-refractivity contribution in [2.24, 2.45) is 0 Å². The summed E-state index contributed by atoms with van der Waals surface area (Å²) in [6.07, 6.45) is 0.714. The Balaban J connectivity index is 1.53. The molecule has 1 amide bonds. The van der Waals surface area contributed by atoms with Gasteiger partial charge in [-0.25, -0.2) is 0 Å². The maximum atomic E-state index is 12.0. The lowest BCUT2D eigenvalue weighted by Crippen LogP contribution is -2.30. The van der Waals surface area contributed by atoms with Crippen LogP contribution in [0.1, 0.15) is 11.1 Å². The first-order valence-electron chi connectivity index (χ1n) is 7.97. The van der Waals surface area contributed by atoms with Crippen molar-refractivity contribution < 1.29 is 4.79 Å². The van der Waals surface area contributed by atoms with Crippen LogP contribution in [0, 0.1) is 6.92 Å². The number of hydrogen-bond donors (Lipinski definition) is 1. The van der Waals surface area contributed by atoms with Crippen LogP contribution in [0.2, 0.25) is 5.02 Å². The highest BCUT2D eigenvalue weighted by atomic mass is 35.5. The van der Waals surface area contributed by atoms with E-state index in [-0.39, 0.29) is 12.5 Å². The van der Waals surface area contributed by atoms with Gasteiger partial charge in [-0.1, -0.05) is 48.0 Å². The van der Waals surface area contributed by atoms with Crippen LogP contribution in [0.3, 0.4) is 0 Å². The second-order valence-electron chi connectivity index (χ2n) is 5.69. The van der Waals surface area contributed by atoms with Gasteiger partial charge in [-0.05, 0) is 41.8 Å². The molecular weight excluding hydrogens is 338 g/mol. The minimum absolute atomic E-state index is 0.0361. The van der Waals surface area contributed by atoms with Gasteiger partial charge in [0, 0.05) is 17.1 Å². The van der Waals surface area contributed by atoms with E-state index in [0.717, 1.165) is 16.7 Å². The summed E-state index contributed by atoms with van der Waals surface area (Å²) in [6, 6.07) is 15.4. The molecule has 0 aliphatic rings. The average molecular weight is 356 g/mol. The lowest BCUT2D eigenvalue weighted by atomic mass is 10.1. The molecule has 1 N–H and O–H groups in total. The first-order chi connectivity index (χ1) is 12.1. The topological polar surface area (TPSA) is 72.7 Å². The second-order valence-corrected chi connectivity index (χ2v) is 6.12. The summed E-state index contributed by atoms with van der Waals surface area (Å²) in [7, 11) is 0. The first-order valence-corrected chi connectivity index (χ1v) is 8.34. The lowest BCUT2D eigenvalue weighted by Gasteiger charge is -2.05. The zero-order valence-electron chi connectivity index (χ0n) is 13.8. The fourth-order valence-electron chi connectivity index (χ4n) is 2.46. The average Bonchev–Trinajstić information content (AvgIpc) is 3.03. The van der Waals surface area contributed by atoms with Crippen LogP contribution in [0.4, 0.5) is 0 Å². The number of tetrazole rings is 1. The molecule has 0 aliphatic carbocycles. The second kappa shape index (κ2) is 7.90. The van der Waals surface area contributed by atoms with Crippen LogP contribution in [-0.2, 0) is 17.8 Å². The highest BCUT2D eigenvalue weighted by Gasteiger charge is 2.10. The number of rotatable bonds is 6. The minimum atomic E-state index is -0.157. The maximum Gasteiger partial charge on any atom is 0.243 e. The summed E-state index contributed by atoms with van der Waals surface area (Å²) >= 11 is 5.94. The smallest absolute Gasteiger partial charge is 0.243 e. The molecule has 0 aliphatic heterocycles. The van der Waals surface area contributed by atoms with Crippen LogP contribution in [-0.4, -0.2) is 32.7 Å². The normalized spacial score (nSPS) is 10.6. The van der Waals surface area contributed by atoms with Gasteiger partial charge in [-0.3, -0.25) is 4.79 Å². The molecule has 0 saturated heterocycles. The third kappa shape index (κ3) is 4.64. The van der Waals surface area contributed by atoms with E-state index < -0.39 is 0 Å². The third-order valence-corrected chi connectivity index (χ3v) is 3.98. The van der Waals surface area contributed by atoms with Crippen molar-refractivity contribution in [1.29, 1.82) is 0 Å². The third-order valence-electron chi connectivity index (χ3n) is 3.75. The molecule has 3 aromatic rings. The molecule has 1 aromatic heterocycles. The Morgan fingerprint density at radius 2 is 2.04 bits per heavy atom. The number of amides is 1. The summed E-state index contributed by atoms with van der Waals surface area (Å²) in [6.45, 7) is 2.55. The van der Waals surface area contributed by atoms with E-state index in [0.29, 0.717) is 23.8 Å². The molecule has 6 nitrogen and oxygen atoms in total. The zero-order chi connectivity index (χ0) is 17.6. The number of halogens is 1. The van der Waals surface area contributed by atoms with Gasteiger partial charge in [-0.2, -0.15) is 4.80 Å². The Morgan fingerprint density at radius 1 is 1.20 bits per heavy atom. The van der Waals surface area contributed by atoms with Gasteiger partial charge in [0.25, 0.3) is 0 Å². The van der Waals surface area contributed by atoms with Gasteiger partial charge in [0.2, 0.25) is 11.7 Å². The van der Waals surface area contributed by atoms with Gasteiger partial charge < -0.3 is 5.32 Å². The monoisotopic (exact) mass is 355 g/mol. The molecule has 25 heavy (non-hydrogen) atoms. The van der Waals surface area contributed by atoms with E-state index in [9.17, 15) is 4.79 Å². The molecule has 128 valence electrons. The van der Waals surface area contributed by atoms with Gasteiger partial charge in [-0.15, -0.1) is 10.2 Å². The number of aryl methyl sites for hydroxylation is 1. The first kappa shape index (κ1) is 17.1. The maximum absolute atomic E-state index is 12.0. The van der Waals surface area contributed by atoms with Crippen LogP contribution < -0.4 is 5.32 Å². The molecule has 0 bridgehead atoms. The van der Waals surface area contributed by atoms with E-state index in [4.69, 9.17) is 11.6 Å². The highest BCUT2D eigenvalue weighted by molar-refractivity contribution is 6.30. The summed E-state index contributed by atoms with van der Waals surface area (Å²) in [4.78, 5) is 13.3.